The van der Waals surface area contributed by atoms with Crippen molar-refractivity contribution in [2.75, 3.05) is 10.6 Å². The molecule has 0 saturated carbocycles. The van der Waals surface area contributed by atoms with E-state index in [4.69, 9.17) is 0 Å². The van der Waals surface area contributed by atoms with E-state index in [9.17, 15) is 22.0 Å². The van der Waals surface area contributed by atoms with Crippen LogP contribution in [0, 0.1) is 6.92 Å². The highest BCUT2D eigenvalue weighted by Gasteiger charge is 2.30. The van der Waals surface area contributed by atoms with Crippen LogP contribution >= 0.6 is 0 Å². The number of nitrogens with zero attached hydrogens (tertiary/aromatic N) is 4. The van der Waals surface area contributed by atoms with Gasteiger partial charge in [-0.3, -0.25) is 4.79 Å². The number of hydrogen-bond donors (Lipinski definition) is 2. The van der Waals surface area contributed by atoms with E-state index >= 15 is 0 Å². The molecular weight excluding hydrogens is 466 g/mol. The van der Waals surface area contributed by atoms with Crippen LogP contribution in [0.15, 0.2) is 78.0 Å². The number of amides is 1. The molecule has 2 aromatic heterocycles. The molecule has 0 spiro atoms. The molecule has 2 heterocycles. The Hall–Kier alpha value is -4.19. The van der Waals surface area contributed by atoms with E-state index in [0.717, 1.165) is 6.07 Å². The summed E-state index contributed by atoms with van der Waals surface area (Å²) in [6.07, 6.45) is 3.40. The lowest BCUT2D eigenvalue weighted by Gasteiger charge is -2.12. The number of rotatable bonds is 7. The lowest BCUT2D eigenvalue weighted by molar-refractivity contribution is 0.102. The summed E-state index contributed by atoms with van der Waals surface area (Å²) in [6.45, 7) is 1.75. The SMILES string of the molecule is Cc1nc(Nc2ccc(NC(=O)c3ccccc3S(=O)(=O)C(F)F)cc2)cc(-n2cccn2)n1. The predicted molar refractivity (Wildman–Crippen MR) is 121 cm³/mol. The Labute approximate surface area is 193 Å². The van der Waals surface area contributed by atoms with Gasteiger partial charge in [0.2, 0.25) is 9.84 Å². The van der Waals surface area contributed by atoms with Gasteiger partial charge < -0.3 is 10.6 Å². The van der Waals surface area contributed by atoms with Gasteiger partial charge in [0.15, 0.2) is 5.82 Å². The number of carbonyl (C=O) groups is 1. The molecule has 2 aromatic carbocycles. The number of anilines is 3. The number of hydrogen-bond acceptors (Lipinski definition) is 7. The summed E-state index contributed by atoms with van der Waals surface area (Å²) in [5.41, 5.74) is 0.631. The Kier molecular flexibility index (Phi) is 6.32. The molecule has 0 fully saturated rings. The van der Waals surface area contributed by atoms with Gasteiger partial charge in [0, 0.05) is 29.8 Å². The van der Waals surface area contributed by atoms with Crippen LogP contribution in [0.4, 0.5) is 26.0 Å². The third-order valence-corrected chi connectivity index (χ3v) is 6.09. The van der Waals surface area contributed by atoms with Gasteiger partial charge in [-0.1, -0.05) is 12.1 Å². The molecule has 0 radical (unpaired) electrons. The fourth-order valence-electron chi connectivity index (χ4n) is 3.12. The first-order valence-corrected chi connectivity index (χ1v) is 11.4. The lowest BCUT2D eigenvalue weighted by Crippen LogP contribution is -2.19. The molecule has 0 aliphatic rings. The van der Waals surface area contributed by atoms with E-state index in [0.29, 0.717) is 28.8 Å². The van der Waals surface area contributed by atoms with Gasteiger partial charge in [0.25, 0.3) is 5.91 Å². The second-order valence-corrected chi connectivity index (χ2v) is 8.95. The summed E-state index contributed by atoms with van der Waals surface area (Å²) in [4.78, 5) is 20.6. The summed E-state index contributed by atoms with van der Waals surface area (Å²) in [5, 5.41) is 9.81. The van der Waals surface area contributed by atoms with Crippen LogP contribution in [-0.2, 0) is 9.84 Å². The number of aromatic nitrogens is 4. The van der Waals surface area contributed by atoms with Crippen molar-refractivity contribution in [3.63, 3.8) is 0 Å². The van der Waals surface area contributed by atoms with Crippen molar-refractivity contribution < 1.29 is 22.0 Å². The normalized spacial score (nSPS) is 11.4. The van der Waals surface area contributed by atoms with E-state index in [-0.39, 0.29) is 5.56 Å². The van der Waals surface area contributed by atoms with Crippen molar-refractivity contribution in [2.24, 2.45) is 0 Å². The topological polar surface area (TPSA) is 119 Å². The Bertz CT molecular complexity index is 1430. The molecule has 2 N–H and O–H groups in total. The second-order valence-electron chi connectivity index (χ2n) is 7.07. The quantitative estimate of drug-likeness (QED) is 0.407. The van der Waals surface area contributed by atoms with Crippen molar-refractivity contribution >= 4 is 32.9 Å². The zero-order valence-electron chi connectivity index (χ0n) is 17.7. The lowest BCUT2D eigenvalue weighted by atomic mass is 10.2. The van der Waals surface area contributed by atoms with Crippen molar-refractivity contribution in [1.29, 1.82) is 0 Å². The minimum absolute atomic E-state index is 0.343. The van der Waals surface area contributed by atoms with Gasteiger partial charge in [0.1, 0.15) is 11.6 Å². The molecule has 0 saturated heterocycles. The number of carbonyl (C=O) groups excluding carboxylic acids is 1. The molecule has 0 unspecified atom stereocenters. The smallest absolute Gasteiger partial charge is 0.340 e. The average molecular weight is 484 g/mol. The van der Waals surface area contributed by atoms with Crippen LogP contribution in [-0.4, -0.2) is 39.8 Å². The largest absolute Gasteiger partial charge is 0.341 e. The summed E-state index contributed by atoms with van der Waals surface area (Å²) < 4.78 is 51.4. The third kappa shape index (κ3) is 4.91. The summed E-state index contributed by atoms with van der Waals surface area (Å²) in [5.74, 6) is -2.80. The molecule has 34 heavy (non-hydrogen) atoms. The average Bonchev–Trinajstić information content (AvgIpc) is 3.35. The Morgan fingerprint density at radius 2 is 1.71 bits per heavy atom. The number of halogens is 2. The van der Waals surface area contributed by atoms with Crippen LogP contribution in [0.1, 0.15) is 16.2 Å². The summed E-state index contributed by atoms with van der Waals surface area (Å²) in [7, 11) is -4.93. The van der Waals surface area contributed by atoms with Crippen molar-refractivity contribution in [1.82, 2.24) is 19.7 Å². The van der Waals surface area contributed by atoms with E-state index in [2.05, 4.69) is 25.7 Å². The highest BCUT2D eigenvalue weighted by atomic mass is 32.2. The first-order valence-electron chi connectivity index (χ1n) is 9.89. The zero-order valence-corrected chi connectivity index (χ0v) is 18.5. The van der Waals surface area contributed by atoms with Crippen LogP contribution in [0.3, 0.4) is 0 Å². The Balaban J connectivity index is 1.50. The van der Waals surface area contributed by atoms with Gasteiger partial charge in [-0.05, 0) is 49.4 Å². The molecule has 9 nitrogen and oxygen atoms in total. The van der Waals surface area contributed by atoms with E-state index < -0.39 is 26.4 Å². The molecule has 174 valence electrons. The van der Waals surface area contributed by atoms with Crippen molar-refractivity contribution in [3.05, 3.63) is 84.4 Å². The minimum atomic E-state index is -4.93. The highest BCUT2D eigenvalue weighted by Crippen LogP contribution is 2.24. The summed E-state index contributed by atoms with van der Waals surface area (Å²) in [6, 6.07) is 14.8. The summed E-state index contributed by atoms with van der Waals surface area (Å²) >= 11 is 0. The van der Waals surface area contributed by atoms with E-state index in [1.807, 2.05) is 0 Å². The van der Waals surface area contributed by atoms with Gasteiger partial charge in [-0.25, -0.2) is 23.1 Å². The number of nitrogens with one attached hydrogen (secondary N) is 2. The molecule has 0 atom stereocenters. The maximum atomic E-state index is 13.0. The monoisotopic (exact) mass is 484 g/mol. The number of benzene rings is 2. The maximum absolute atomic E-state index is 13.0. The molecule has 0 bridgehead atoms. The molecule has 4 rings (SSSR count). The molecule has 0 aliphatic carbocycles. The standard InChI is InChI=1S/C22H18F2N6O3S/c1-14-26-19(13-20(27-14)30-12-4-11-25-30)28-15-7-9-16(10-8-15)29-21(31)17-5-2-3-6-18(17)34(32,33)22(23)24/h2-13,22H,1H3,(H,29,31)(H,26,27,28). The third-order valence-electron chi connectivity index (χ3n) is 4.65. The fraction of sp³-hybridized carbons (Fsp3) is 0.0909. The van der Waals surface area contributed by atoms with E-state index in [1.54, 1.807) is 60.4 Å². The molecular formula is C22H18F2N6O3S. The first-order chi connectivity index (χ1) is 16.2. The predicted octanol–water partition coefficient (Wildman–Crippen LogP) is 3.96. The molecule has 1 amide bonds. The van der Waals surface area contributed by atoms with Gasteiger partial charge in [-0.15, -0.1) is 0 Å². The van der Waals surface area contributed by atoms with E-state index in [1.165, 1.54) is 18.2 Å². The molecule has 4 aromatic rings. The van der Waals surface area contributed by atoms with Crippen LogP contribution in [0.2, 0.25) is 0 Å². The first kappa shape index (κ1) is 23.0. The second kappa shape index (κ2) is 9.35. The Morgan fingerprint density at radius 3 is 2.38 bits per heavy atom. The van der Waals surface area contributed by atoms with Gasteiger partial charge in [-0.2, -0.15) is 13.9 Å². The molecule has 12 heteroatoms. The van der Waals surface area contributed by atoms with Gasteiger partial charge >= 0.3 is 5.76 Å². The number of sulfone groups is 1. The fourth-order valence-corrected chi connectivity index (χ4v) is 4.05. The minimum Gasteiger partial charge on any atom is -0.340 e. The van der Waals surface area contributed by atoms with Crippen molar-refractivity contribution in [2.45, 2.75) is 17.6 Å². The number of aryl methyl sites for hydroxylation is 1. The van der Waals surface area contributed by atoms with Crippen LogP contribution < -0.4 is 10.6 Å². The van der Waals surface area contributed by atoms with Gasteiger partial charge in [0.05, 0.1) is 10.5 Å². The van der Waals surface area contributed by atoms with Crippen LogP contribution in [0.25, 0.3) is 5.82 Å². The van der Waals surface area contributed by atoms with Crippen LogP contribution in [0.5, 0.6) is 0 Å². The molecule has 0 aliphatic heterocycles. The maximum Gasteiger partial charge on any atom is 0.341 e. The zero-order chi connectivity index (χ0) is 24.3. The highest BCUT2D eigenvalue weighted by molar-refractivity contribution is 7.91. The number of alkyl halides is 2. The Morgan fingerprint density at radius 1 is 1.00 bits per heavy atom. The van der Waals surface area contributed by atoms with Crippen molar-refractivity contribution in [3.8, 4) is 5.82 Å².